The molecule has 20 heavy (non-hydrogen) atoms. The molecule has 0 saturated carbocycles. The third kappa shape index (κ3) is 2.98. The second-order valence-electron chi connectivity index (χ2n) is 4.29. The molecule has 106 valence electrons. The van der Waals surface area contributed by atoms with Crippen LogP contribution in [0.2, 0.25) is 0 Å². The van der Waals surface area contributed by atoms with Crippen molar-refractivity contribution in [2.24, 2.45) is 0 Å². The van der Waals surface area contributed by atoms with Crippen LogP contribution in [0.3, 0.4) is 0 Å². The van der Waals surface area contributed by atoms with Gasteiger partial charge in [0.1, 0.15) is 5.82 Å². The lowest BCUT2D eigenvalue weighted by Gasteiger charge is -2.19. The van der Waals surface area contributed by atoms with Gasteiger partial charge in [0, 0.05) is 19.0 Å². The quantitative estimate of drug-likeness (QED) is 0.912. The van der Waals surface area contributed by atoms with Gasteiger partial charge in [-0.2, -0.15) is 0 Å². The number of aromatic nitrogens is 2. The number of para-hydroxylation sites is 1. The Morgan fingerprint density at radius 1 is 1.35 bits per heavy atom. The van der Waals surface area contributed by atoms with E-state index in [1.54, 1.807) is 36.2 Å². The molecule has 1 aromatic heterocycles. The highest BCUT2D eigenvalue weighted by Crippen LogP contribution is 2.26. The van der Waals surface area contributed by atoms with E-state index in [-0.39, 0.29) is 13.0 Å². The van der Waals surface area contributed by atoms with Crippen LogP contribution in [-0.2, 0) is 4.79 Å². The maximum absolute atomic E-state index is 12.8. The van der Waals surface area contributed by atoms with Crippen molar-refractivity contribution in [3.05, 3.63) is 30.1 Å². The maximum atomic E-state index is 12.8. The molecule has 2 rings (SSSR count). The Bertz CT molecular complexity index is 634. The Balaban J connectivity index is 2.46. The Morgan fingerprint density at radius 2 is 2.05 bits per heavy atom. The number of alkyl halides is 2. The van der Waals surface area contributed by atoms with Gasteiger partial charge in [-0.3, -0.25) is 4.79 Å². The summed E-state index contributed by atoms with van der Waals surface area (Å²) in [6.45, 7) is 0.180. The van der Waals surface area contributed by atoms with Gasteiger partial charge in [0.15, 0.2) is 5.82 Å². The highest BCUT2D eigenvalue weighted by molar-refractivity contribution is 5.89. The van der Waals surface area contributed by atoms with Crippen LogP contribution in [0.1, 0.15) is 18.7 Å². The van der Waals surface area contributed by atoms with E-state index in [1.165, 1.54) is 0 Å². The van der Waals surface area contributed by atoms with Crippen LogP contribution in [0, 0.1) is 0 Å². The largest absolute Gasteiger partial charge is 0.481 e. The number of carboxylic acids is 1. The Morgan fingerprint density at radius 3 is 2.70 bits per heavy atom. The summed E-state index contributed by atoms with van der Waals surface area (Å²) < 4.78 is 25.6. The van der Waals surface area contributed by atoms with Gasteiger partial charge < -0.3 is 10.0 Å². The average molecular weight is 281 g/mol. The van der Waals surface area contributed by atoms with E-state index >= 15 is 0 Å². The van der Waals surface area contributed by atoms with Crippen LogP contribution in [0.4, 0.5) is 14.6 Å². The van der Waals surface area contributed by atoms with E-state index in [0.717, 1.165) is 0 Å². The summed E-state index contributed by atoms with van der Waals surface area (Å²) >= 11 is 0. The van der Waals surface area contributed by atoms with Gasteiger partial charge >= 0.3 is 5.97 Å². The SMILES string of the molecule is CN(CCC(=O)O)c1nc(C(F)F)nc2ccccc12. The zero-order valence-electron chi connectivity index (χ0n) is 10.8. The molecule has 0 fully saturated rings. The minimum Gasteiger partial charge on any atom is -0.481 e. The second kappa shape index (κ2) is 5.77. The molecule has 0 atom stereocenters. The molecular weight excluding hydrogens is 268 g/mol. The summed E-state index contributed by atoms with van der Waals surface area (Å²) in [6, 6.07) is 6.79. The minimum absolute atomic E-state index is 0.0984. The average Bonchev–Trinajstić information content (AvgIpc) is 2.43. The molecule has 0 unspecified atom stereocenters. The van der Waals surface area contributed by atoms with Gasteiger partial charge in [0.05, 0.1) is 11.9 Å². The van der Waals surface area contributed by atoms with Crippen molar-refractivity contribution >= 4 is 22.7 Å². The number of fused-ring (bicyclic) bond motifs is 1. The number of anilines is 1. The highest BCUT2D eigenvalue weighted by Gasteiger charge is 2.17. The van der Waals surface area contributed by atoms with Crippen molar-refractivity contribution in [3.8, 4) is 0 Å². The molecule has 2 aromatic rings. The number of carbonyl (C=O) groups is 1. The lowest BCUT2D eigenvalue weighted by Crippen LogP contribution is -2.23. The zero-order valence-corrected chi connectivity index (χ0v) is 10.8. The number of halogens is 2. The standard InChI is InChI=1S/C13H13F2N3O2/c1-18(7-6-10(19)20)13-8-4-2-3-5-9(8)16-12(17-13)11(14)15/h2-5,11H,6-7H2,1H3,(H,19,20). The van der Waals surface area contributed by atoms with Crippen LogP contribution < -0.4 is 4.90 Å². The lowest BCUT2D eigenvalue weighted by molar-refractivity contribution is -0.136. The van der Waals surface area contributed by atoms with E-state index in [0.29, 0.717) is 16.7 Å². The van der Waals surface area contributed by atoms with Gasteiger partial charge in [-0.1, -0.05) is 12.1 Å². The first-order chi connectivity index (χ1) is 9.49. The topological polar surface area (TPSA) is 66.3 Å². The molecule has 0 saturated heterocycles. The first kappa shape index (κ1) is 14.1. The number of rotatable bonds is 5. The van der Waals surface area contributed by atoms with Crippen LogP contribution in [-0.4, -0.2) is 34.6 Å². The van der Waals surface area contributed by atoms with E-state index in [9.17, 15) is 13.6 Å². The van der Waals surface area contributed by atoms with Gasteiger partial charge in [-0.25, -0.2) is 18.7 Å². The highest BCUT2D eigenvalue weighted by atomic mass is 19.3. The monoisotopic (exact) mass is 281 g/mol. The molecule has 0 aliphatic rings. The molecule has 0 bridgehead atoms. The predicted molar refractivity (Wildman–Crippen MR) is 70.0 cm³/mol. The van der Waals surface area contributed by atoms with Gasteiger partial charge in [-0.05, 0) is 12.1 Å². The first-order valence-corrected chi connectivity index (χ1v) is 5.97. The molecule has 0 radical (unpaired) electrons. The van der Waals surface area contributed by atoms with Crippen LogP contribution in [0.5, 0.6) is 0 Å². The zero-order chi connectivity index (χ0) is 14.7. The molecule has 0 amide bonds. The maximum Gasteiger partial charge on any atom is 0.305 e. The Hall–Kier alpha value is -2.31. The molecule has 1 aromatic carbocycles. The molecule has 0 aliphatic heterocycles. The molecule has 0 spiro atoms. The number of nitrogens with zero attached hydrogens (tertiary/aromatic N) is 3. The van der Waals surface area contributed by atoms with Crippen LogP contribution in [0.25, 0.3) is 10.9 Å². The van der Waals surface area contributed by atoms with Crippen molar-refractivity contribution in [3.63, 3.8) is 0 Å². The number of aliphatic carboxylic acids is 1. The van der Waals surface area contributed by atoms with E-state index < -0.39 is 18.2 Å². The second-order valence-corrected chi connectivity index (χ2v) is 4.29. The predicted octanol–water partition coefficient (Wildman–Crippen LogP) is 2.48. The normalized spacial score (nSPS) is 11.0. The van der Waals surface area contributed by atoms with Crippen molar-refractivity contribution in [2.45, 2.75) is 12.8 Å². The third-order valence-corrected chi connectivity index (χ3v) is 2.82. The number of hydrogen-bond acceptors (Lipinski definition) is 4. The molecular formula is C13H13F2N3O2. The number of benzene rings is 1. The fourth-order valence-corrected chi connectivity index (χ4v) is 1.84. The minimum atomic E-state index is -2.77. The van der Waals surface area contributed by atoms with Crippen molar-refractivity contribution in [1.29, 1.82) is 0 Å². The van der Waals surface area contributed by atoms with Crippen LogP contribution >= 0.6 is 0 Å². The summed E-state index contributed by atoms with van der Waals surface area (Å²) in [5, 5.41) is 9.30. The Labute approximate surface area is 113 Å². The third-order valence-electron chi connectivity index (χ3n) is 2.82. The summed E-state index contributed by atoms with van der Waals surface area (Å²) in [6.07, 6.45) is -2.87. The summed E-state index contributed by atoms with van der Waals surface area (Å²) in [5.41, 5.74) is 0.412. The van der Waals surface area contributed by atoms with E-state index in [2.05, 4.69) is 9.97 Å². The van der Waals surface area contributed by atoms with Gasteiger partial charge in [-0.15, -0.1) is 0 Å². The molecule has 5 nitrogen and oxygen atoms in total. The van der Waals surface area contributed by atoms with Crippen LogP contribution in [0.15, 0.2) is 24.3 Å². The fourth-order valence-electron chi connectivity index (χ4n) is 1.84. The summed E-state index contributed by atoms with van der Waals surface area (Å²) in [5.74, 6) is -1.20. The summed E-state index contributed by atoms with van der Waals surface area (Å²) in [7, 11) is 1.62. The van der Waals surface area contributed by atoms with E-state index in [1.807, 2.05) is 0 Å². The van der Waals surface area contributed by atoms with Gasteiger partial charge in [0.2, 0.25) is 0 Å². The number of carboxylic acid groups (broad SMARTS) is 1. The van der Waals surface area contributed by atoms with E-state index in [4.69, 9.17) is 5.11 Å². The van der Waals surface area contributed by atoms with Crippen molar-refractivity contribution in [1.82, 2.24) is 9.97 Å². The molecule has 1 heterocycles. The molecule has 0 aliphatic carbocycles. The Kier molecular flexibility index (Phi) is 4.07. The van der Waals surface area contributed by atoms with Gasteiger partial charge in [0.25, 0.3) is 6.43 Å². The number of hydrogen-bond donors (Lipinski definition) is 1. The van der Waals surface area contributed by atoms with Crippen molar-refractivity contribution < 1.29 is 18.7 Å². The summed E-state index contributed by atoms with van der Waals surface area (Å²) in [4.78, 5) is 19.8. The molecule has 1 N–H and O–H groups in total. The molecule has 7 heteroatoms. The lowest BCUT2D eigenvalue weighted by atomic mass is 10.2. The smallest absolute Gasteiger partial charge is 0.305 e. The fraction of sp³-hybridized carbons (Fsp3) is 0.308. The first-order valence-electron chi connectivity index (χ1n) is 5.97. The van der Waals surface area contributed by atoms with Crippen molar-refractivity contribution in [2.75, 3.05) is 18.5 Å².